The van der Waals surface area contributed by atoms with Gasteiger partial charge in [0, 0.05) is 16.5 Å². The predicted molar refractivity (Wildman–Crippen MR) is 138 cm³/mol. The Kier molecular flexibility index (Phi) is 7.99. The molecule has 3 aromatic carbocycles. The third kappa shape index (κ3) is 5.55. The largest absolute Gasteiger partial charge is 0.497 e. The lowest BCUT2D eigenvalue weighted by atomic mass is 10.0. The van der Waals surface area contributed by atoms with Crippen LogP contribution in [0.15, 0.2) is 63.8 Å². The smallest absolute Gasteiger partial charge is 0.360 e. The van der Waals surface area contributed by atoms with E-state index in [1.807, 2.05) is 30.3 Å². The summed E-state index contributed by atoms with van der Waals surface area (Å²) in [7, 11) is 4.86. The Hall–Kier alpha value is -4.46. The van der Waals surface area contributed by atoms with Gasteiger partial charge in [0.25, 0.3) is 0 Å². The Morgan fingerprint density at radius 1 is 0.914 bits per heavy atom. The van der Waals surface area contributed by atoms with E-state index in [0.717, 1.165) is 22.6 Å². The SMILES string of the molecule is COc1cc2cc(NC=O)c(=O)oc2c(C)c1N.COc1cccc(-c2cc(C)ccc2OC)c1. The molecule has 0 atom stereocenters. The van der Waals surface area contributed by atoms with E-state index in [9.17, 15) is 9.59 Å². The number of fused-ring (bicyclic) bond motifs is 1. The van der Waals surface area contributed by atoms with Gasteiger partial charge in [-0.25, -0.2) is 4.79 Å². The van der Waals surface area contributed by atoms with Crippen molar-refractivity contribution in [2.75, 3.05) is 32.4 Å². The van der Waals surface area contributed by atoms with Crippen LogP contribution in [-0.4, -0.2) is 27.7 Å². The Morgan fingerprint density at radius 2 is 1.66 bits per heavy atom. The zero-order chi connectivity index (χ0) is 25.5. The Labute approximate surface area is 203 Å². The first-order valence-corrected chi connectivity index (χ1v) is 10.7. The van der Waals surface area contributed by atoms with Crippen molar-refractivity contribution in [1.29, 1.82) is 0 Å². The summed E-state index contributed by atoms with van der Waals surface area (Å²) in [5.74, 6) is 2.22. The monoisotopic (exact) mass is 476 g/mol. The van der Waals surface area contributed by atoms with Crippen LogP contribution in [0.4, 0.5) is 11.4 Å². The summed E-state index contributed by atoms with van der Waals surface area (Å²) in [6.07, 6.45) is 0.416. The fraction of sp³-hybridized carbons (Fsp3) is 0.185. The van der Waals surface area contributed by atoms with Gasteiger partial charge in [0.1, 0.15) is 28.5 Å². The highest BCUT2D eigenvalue weighted by atomic mass is 16.5. The van der Waals surface area contributed by atoms with Gasteiger partial charge in [0.05, 0.1) is 27.0 Å². The maximum atomic E-state index is 11.6. The fourth-order valence-corrected chi connectivity index (χ4v) is 3.58. The van der Waals surface area contributed by atoms with E-state index < -0.39 is 5.63 Å². The van der Waals surface area contributed by atoms with Crippen LogP contribution in [0.3, 0.4) is 0 Å². The van der Waals surface area contributed by atoms with Crippen LogP contribution in [0.25, 0.3) is 22.1 Å². The van der Waals surface area contributed by atoms with Crippen molar-refractivity contribution < 1.29 is 23.4 Å². The molecule has 0 bridgehead atoms. The van der Waals surface area contributed by atoms with E-state index in [2.05, 4.69) is 24.4 Å². The molecule has 4 rings (SSSR count). The lowest BCUT2D eigenvalue weighted by Gasteiger charge is -2.10. The number of nitrogen functional groups attached to an aromatic ring is 1. The molecular weight excluding hydrogens is 448 g/mol. The summed E-state index contributed by atoms with van der Waals surface area (Å²) >= 11 is 0. The summed E-state index contributed by atoms with van der Waals surface area (Å²) in [5, 5.41) is 2.91. The van der Waals surface area contributed by atoms with Crippen LogP contribution in [0.1, 0.15) is 11.1 Å². The highest BCUT2D eigenvalue weighted by molar-refractivity contribution is 5.90. The van der Waals surface area contributed by atoms with Crippen molar-refractivity contribution in [3.63, 3.8) is 0 Å². The molecule has 0 fully saturated rings. The highest BCUT2D eigenvalue weighted by Gasteiger charge is 2.13. The van der Waals surface area contributed by atoms with Crippen LogP contribution in [-0.2, 0) is 4.79 Å². The van der Waals surface area contributed by atoms with Crippen molar-refractivity contribution in [3.05, 3.63) is 76.1 Å². The first-order chi connectivity index (χ1) is 16.8. The van der Waals surface area contributed by atoms with Crippen molar-refractivity contribution in [2.24, 2.45) is 0 Å². The van der Waals surface area contributed by atoms with E-state index in [1.54, 1.807) is 27.2 Å². The van der Waals surface area contributed by atoms with Crippen molar-refractivity contribution in [1.82, 2.24) is 0 Å². The summed E-state index contributed by atoms with van der Waals surface area (Å²) in [6.45, 7) is 3.80. The Balaban J connectivity index is 0.000000196. The molecule has 0 aliphatic heterocycles. The predicted octanol–water partition coefficient (Wildman–Crippen LogP) is 4.94. The molecule has 0 saturated carbocycles. The average molecular weight is 477 g/mol. The first-order valence-electron chi connectivity index (χ1n) is 10.7. The number of rotatable bonds is 6. The minimum atomic E-state index is -0.623. The van der Waals surface area contributed by atoms with Crippen molar-refractivity contribution >= 4 is 28.8 Å². The lowest BCUT2D eigenvalue weighted by Crippen LogP contribution is -2.09. The molecule has 8 nitrogen and oxygen atoms in total. The average Bonchev–Trinajstić information content (AvgIpc) is 2.87. The fourth-order valence-electron chi connectivity index (χ4n) is 3.58. The second kappa shape index (κ2) is 11.1. The Bertz CT molecular complexity index is 1410. The second-order valence-corrected chi connectivity index (χ2v) is 7.68. The molecule has 4 aromatic rings. The summed E-state index contributed by atoms with van der Waals surface area (Å²) in [5.41, 5.74) is 10.1. The molecule has 0 aliphatic rings. The van der Waals surface area contributed by atoms with Crippen LogP contribution in [0.2, 0.25) is 0 Å². The zero-order valence-electron chi connectivity index (χ0n) is 20.3. The quantitative estimate of drug-likeness (QED) is 0.230. The maximum Gasteiger partial charge on any atom is 0.360 e. The normalized spacial score (nSPS) is 10.2. The number of ether oxygens (including phenoxy) is 3. The number of amides is 1. The van der Waals surface area contributed by atoms with Gasteiger partial charge in [-0.15, -0.1) is 0 Å². The molecule has 1 aromatic heterocycles. The third-order valence-corrected chi connectivity index (χ3v) is 5.44. The molecule has 0 aliphatic carbocycles. The molecule has 0 unspecified atom stereocenters. The number of aryl methyl sites for hydroxylation is 2. The van der Waals surface area contributed by atoms with Crippen molar-refractivity contribution in [2.45, 2.75) is 13.8 Å². The topological polar surface area (TPSA) is 113 Å². The number of methoxy groups -OCH3 is 3. The van der Waals surface area contributed by atoms with Gasteiger partial charge in [0.15, 0.2) is 0 Å². The van der Waals surface area contributed by atoms with E-state index in [1.165, 1.54) is 18.7 Å². The van der Waals surface area contributed by atoms with Gasteiger partial charge < -0.3 is 29.7 Å². The van der Waals surface area contributed by atoms with Gasteiger partial charge in [-0.1, -0.05) is 23.8 Å². The van der Waals surface area contributed by atoms with Gasteiger partial charge in [-0.3, -0.25) is 4.79 Å². The number of hydrogen-bond donors (Lipinski definition) is 2. The van der Waals surface area contributed by atoms with E-state index in [-0.39, 0.29) is 5.69 Å². The maximum absolute atomic E-state index is 11.6. The van der Waals surface area contributed by atoms with Crippen LogP contribution < -0.4 is 30.9 Å². The number of nitrogens with one attached hydrogen (secondary N) is 1. The molecule has 1 amide bonds. The number of carbonyl (C=O) groups is 1. The number of hydrogen-bond acceptors (Lipinski definition) is 7. The lowest BCUT2D eigenvalue weighted by molar-refractivity contribution is -0.105. The minimum Gasteiger partial charge on any atom is -0.497 e. The standard InChI is InChI=1S/C15H16O2.C12H12N2O4/c1-11-7-8-15(17-3)14(9-11)12-5-4-6-13(10-12)16-2;1-6-10(13)9(17-2)4-7-3-8(14-5-15)12(16)18-11(6)7/h4-10H,1-3H3;3-5H,13H2,1-2H3,(H,14,15). The number of carbonyl (C=O) groups excluding carboxylic acids is 1. The van der Waals surface area contributed by atoms with Crippen LogP contribution >= 0.6 is 0 Å². The molecule has 8 heteroatoms. The van der Waals surface area contributed by atoms with Gasteiger partial charge in [0.2, 0.25) is 6.41 Å². The van der Waals surface area contributed by atoms with Crippen LogP contribution in [0, 0.1) is 13.8 Å². The third-order valence-electron chi connectivity index (χ3n) is 5.44. The highest BCUT2D eigenvalue weighted by Crippen LogP contribution is 2.33. The molecule has 1 heterocycles. The molecule has 3 N–H and O–H groups in total. The number of benzene rings is 3. The minimum absolute atomic E-state index is 0.0729. The van der Waals surface area contributed by atoms with E-state index >= 15 is 0 Å². The Morgan fingerprint density at radius 3 is 2.31 bits per heavy atom. The summed E-state index contributed by atoms with van der Waals surface area (Å²) in [4.78, 5) is 22.0. The number of nitrogens with two attached hydrogens (primary N) is 1. The molecule has 182 valence electrons. The molecule has 0 radical (unpaired) electrons. The van der Waals surface area contributed by atoms with Crippen molar-refractivity contribution in [3.8, 4) is 28.4 Å². The van der Waals surface area contributed by atoms with Gasteiger partial charge in [-0.05, 0) is 55.8 Å². The van der Waals surface area contributed by atoms with E-state index in [0.29, 0.717) is 34.4 Å². The summed E-state index contributed by atoms with van der Waals surface area (Å²) in [6, 6.07) is 17.3. The molecular formula is C27H28N2O6. The van der Waals surface area contributed by atoms with Crippen LogP contribution in [0.5, 0.6) is 17.2 Å². The number of anilines is 2. The first kappa shape index (κ1) is 25.2. The molecule has 35 heavy (non-hydrogen) atoms. The van der Waals surface area contributed by atoms with Gasteiger partial charge in [-0.2, -0.15) is 0 Å². The molecule has 0 saturated heterocycles. The van der Waals surface area contributed by atoms with E-state index in [4.69, 9.17) is 24.4 Å². The van der Waals surface area contributed by atoms with Gasteiger partial charge >= 0.3 is 5.63 Å². The zero-order valence-corrected chi connectivity index (χ0v) is 20.3. The summed E-state index contributed by atoms with van der Waals surface area (Å²) < 4.78 is 20.9. The molecule has 0 spiro atoms. The second-order valence-electron chi connectivity index (χ2n) is 7.68.